The van der Waals surface area contributed by atoms with Gasteiger partial charge >= 0.3 is 0 Å². The van der Waals surface area contributed by atoms with E-state index in [0.29, 0.717) is 11.9 Å². The fraction of sp³-hybridized carbons (Fsp3) is 0.500. The van der Waals surface area contributed by atoms with E-state index >= 15 is 0 Å². The zero-order chi connectivity index (χ0) is 15.4. The Bertz CT molecular complexity index is 622. The first-order valence-electron chi connectivity index (χ1n) is 7.86. The van der Waals surface area contributed by atoms with E-state index in [1.54, 1.807) is 6.20 Å². The molecule has 6 nitrogen and oxygen atoms in total. The van der Waals surface area contributed by atoms with Crippen LogP contribution in [0.3, 0.4) is 0 Å². The van der Waals surface area contributed by atoms with Crippen molar-refractivity contribution in [2.24, 2.45) is 0 Å². The third kappa shape index (κ3) is 3.57. The number of aromatic nitrogens is 4. The molecule has 0 spiro atoms. The van der Waals surface area contributed by atoms with Crippen LogP contribution in [0.1, 0.15) is 42.9 Å². The van der Waals surface area contributed by atoms with Crippen molar-refractivity contribution in [3.05, 3.63) is 41.7 Å². The normalized spacial score (nSPS) is 16.8. The summed E-state index contributed by atoms with van der Waals surface area (Å²) in [6, 6.07) is 3.99. The third-order valence-corrected chi connectivity index (χ3v) is 4.17. The van der Waals surface area contributed by atoms with Crippen LogP contribution in [-0.2, 0) is 13.0 Å². The summed E-state index contributed by atoms with van der Waals surface area (Å²) in [5.41, 5.74) is 7.85. The molecule has 0 bridgehead atoms. The molecular formula is C16H22N6. The molecule has 0 atom stereocenters. The molecule has 6 heteroatoms. The zero-order valence-corrected chi connectivity index (χ0v) is 12.9. The molecule has 1 aliphatic heterocycles. The molecule has 0 aliphatic carbocycles. The molecule has 0 saturated carbocycles. The summed E-state index contributed by atoms with van der Waals surface area (Å²) in [4.78, 5) is 19.6. The SMILES string of the molecule is CCc1nccc(CN2CCC(c3ccnc(N)n3)CC2)n1. The van der Waals surface area contributed by atoms with E-state index in [1.807, 2.05) is 18.3 Å². The van der Waals surface area contributed by atoms with Crippen molar-refractivity contribution in [2.45, 2.75) is 38.6 Å². The average Bonchev–Trinajstić information content (AvgIpc) is 2.56. The molecule has 116 valence electrons. The Kier molecular flexibility index (Phi) is 4.58. The van der Waals surface area contributed by atoms with Gasteiger partial charge in [-0.2, -0.15) is 0 Å². The number of likely N-dealkylation sites (tertiary alicyclic amines) is 1. The second-order valence-electron chi connectivity index (χ2n) is 5.71. The lowest BCUT2D eigenvalue weighted by atomic mass is 9.93. The molecule has 2 aromatic heterocycles. The van der Waals surface area contributed by atoms with Crippen molar-refractivity contribution in [3.63, 3.8) is 0 Å². The quantitative estimate of drug-likeness (QED) is 0.927. The summed E-state index contributed by atoms with van der Waals surface area (Å²) in [7, 11) is 0. The van der Waals surface area contributed by atoms with Gasteiger partial charge in [0, 0.05) is 37.0 Å². The van der Waals surface area contributed by atoms with Gasteiger partial charge in [0.05, 0.1) is 5.69 Å². The maximum absolute atomic E-state index is 5.68. The van der Waals surface area contributed by atoms with Crippen LogP contribution < -0.4 is 5.73 Å². The van der Waals surface area contributed by atoms with Crippen molar-refractivity contribution in [1.82, 2.24) is 24.8 Å². The summed E-state index contributed by atoms with van der Waals surface area (Å²) < 4.78 is 0. The number of aryl methyl sites for hydroxylation is 1. The first-order chi connectivity index (χ1) is 10.7. The monoisotopic (exact) mass is 298 g/mol. The Balaban J connectivity index is 1.57. The van der Waals surface area contributed by atoms with Crippen LogP contribution in [0.25, 0.3) is 0 Å². The first kappa shape index (κ1) is 14.8. The smallest absolute Gasteiger partial charge is 0.220 e. The van der Waals surface area contributed by atoms with E-state index in [-0.39, 0.29) is 0 Å². The molecule has 1 fully saturated rings. The fourth-order valence-electron chi connectivity index (χ4n) is 2.93. The van der Waals surface area contributed by atoms with E-state index in [9.17, 15) is 0 Å². The Labute approximate surface area is 130 Å². The van der Waals surface area contributed by atoms with Crippen LogP contribution in [0.5, 0.6) is 0 Å². The van der Waals surface area contributed by atoms with Crippen LogP contribution in [0, 0.1) is 0 Å². The van der Waals surface area contributed by atoms with Gasteiger partial charge in [-0.25, -0.2) is 19.9 Å². The summed E-state index contributed by atoms with van der Waals surface area (Å²) in [6.07, 6.45) is 6.68. The number of hydrogen-bond donors (Lipinski definition) is 1. The first-order valence-corrected chi connectivity index (χ1v) is 7.86. The number of rotatable bonds is 4. The van der Waals surface area contributed by atoms with Crippen LogP contribution in [-0.4, -0.2) is 37.9 Å². The molecule has 2 N–H and O–H groups in total. The van der Waals surface area contributed by atoms with Gasteiger partial charge in [0.2, 0.25) is 5.95 Å². The maximum Gasteiger partial charge on any atom is 0.220 e. The van der Waals surface area contributed by atoms with Gasteiger partial charge in [-0.05, 0) is 38.1 Å². The highest BCUT2D eigenvalue weighted by Gasteiger charge is 2.22. The fourth-order valence-corrected chi connectivity index (χ4v) is 2.93. The minimum atomic E-state index is 0.369. The molecule has 1 saturated heterocycles. The van der Waals surface area contributed by atoms with Crippen molar-refractivity contribution in [1.29, 1.82) is 0 Å². The molecule has 0 amide bonds. The van der Waals surface area contributed by atoms with Gasteiger partial charge < -0.3 is 5.73 Å². The molecule has 3 heterocycles. The molecule has 0 radical (unpaired) electrons. The van der Waals surface area contributed by atoms with Gasteiger partial charge in [-0.1, -0.05) is 6.92 Å². The Morgan fingerprint density at radius 1 is 1.14 bits per heavy atom. The minimum Gasteiger partial charge on any atom is -0.368 e. The van der Waals surface area contributed by atoms with E-state index in [2.05, 4.69) is 31.8 Å². The summed E-state index contributed by atoms with van der Waals surface area (Å²) >= 11 is 0. The predicted molar refractivity (Wildman–Crippen MR) is 85.1 cm³/mol. The van der Waals surface area contributed by atoms with Gasteiger partial charge in [0.25, 0.3) is 0 Å². The van der Waals surface area contributed by atoms with Crippen LogP contribution >= 0.6 is 0 Å². The largest absolute Gasteiger partial charge is 0.368 e. The van der Waals surface area contributed by atoms with Gasteiger partial charge in [-0.15, -0.1) is 0 Å². The lowest BCUT2D eigenvalue weighted by molar-refractivity contribution is 0.201. The number of anilines is 1. The van der Waals surface area contributed by atoms with Crippen LogP contribution in [0.15, 0.2) is 24.5 Å². The molecule has 0 unspecified atom stereocenters. The topological polar surface area (TPSA) is 80.8 Å². The second kappa shape index (κ2) is 6.79. The number of nitrogen functional groups attached to an aromatic ring is 1. The third-order valence-electron chi connectivity index (χ3n) is 4.17. The number of nitrogens with zero attached hydrogens (tertiary/aromatic N) is 5. The highest BCUT2D eigenvalue weighted by atomic mass is 15.1. The van der Waals surface area contributed by atoms with Crippen molar-refractivity contribution in [2.75, 3.05) is 18.8 Å². The number of piperidine rings is 1. The molecular weight excluding hydrogens is 276 g/mol. The Hall–Kier alpha value is -2.08. The highest BCUT2D eigenvalue weighted by Crippen LogP contribution is 2.27. The van der Waals surface area contributed by atoms with Crippen LogP contribution in [0.2, 0.25) is 0 Å². The standard InChI is InChI=1S/C16H22N6/c1-2-15-18-7-3-13(20-15)11-22-9-5-12(6-10-22)14-4-8-19-16(17)21-14/h3-4,7-8,12H,2,5-6,9-11H2,1H3,(H2,17,19,21). The van der Waals surface area contributed by atoms with E-state index < -0.39 is 0 Å². The lowest BCUT2D eigenvalue weighted by Crippen LogP contribution is -2.33. The number of hydrogen-bond acceptors (Lipinski definition) is 6. The molecule has 1 aliphatic rings. The van der Waals surface area contributed by atoms with Gasteiger partial charge in [-0.3, -0.25) is 4.90 Å². The van der Waals surface area contributed by atoms with E-state index in [1.165, 1.54) is 0 Å². The maximum atomic E-state index is 5.68. The molecule has 22 heavy (non-hydrogen) atoms. The Morgan fingerprint density at radius 2 is 1.91 bits per heavy atom. The predicted octanol–water partition coefficient (Wildman–Crippen LogP) is 1.79. The van der Waals surface area contributed by atoms with E-state index in [0.717, 1.165) is 56.1 Å². The minimum absolute atomic E-state index is 0.369. The average molecular weight is 298 g/mol. The summed E-state index contributed by atoms with van der Waals surface area (Å²) in [6.45, 7) is 5.09. The summed E-state index contributed by atoms with van der Waals surface area (Å²) in [5, 5.41) is 0. The Morgan fingerprint density at radius 3 is 2.64 bits per heavy atom. The van der Waals surface area contributed by atoms with Gasteiger partial charge in [0.15, 0.2) is 0 Å². The van der Waals surface area contributed by atoms with Crippen molar-refractivity contribution >= 4 is 5.95 Å². The summed E-state index contributed by atoms with van der Waals surface area (Å²) in [5.74, 6) is 1.77. The molecule has 0 aromatic carbocycles. The molecule has 3 rings (SSSR count). The second-order valence-corrected chi connectivity index (χ2v) is 5.71. The highest BCUT2D eigenvalue weighted by molar-refractivity contribution is 5.20. The van der Waals surface area contributed by atoms with Crippen molar-refractivity contribution in [3.8, 4) is 0 Å². The number of nitrogens with two attached hydrogens (primary N) is 1. The van der Waals surface area contributed by atoms with E-state index in [4.69, 9.17) is 5.73 Å². The van der Waals surface area contributed by atoms with Crippen molar-refractivity contribution < 1.29 is 0 Å². The van der Waals surface area contributed by atoms with Gasteiger partial charge in [0.1, 0.15) is 5.82 Å². The zero-order valence-electron chi connectivity index (χ0n) is 12.9. The van der Waals surface area contributed by atoms with Crippen LogP contribution in [0.4, 0.5) is 5.95 Å². The molecule has 2 aromatic rings. The lowest BCUT2D eigenvalue weighted by Gasteiger charge is -2.31.